The maximum absolute atomic E-state index is 13.0. The summed E-state index contributed by atoms with van der Waals surface area (Å²) in [7, 11) is 0.0645. The van der Waals surface area contributed by atoms with E-state index in [4.69, 9.17) is 16.3 Å². The number of hydrogen-bond acceptors (Lipinski definition) is 4. The van der Waals surface area contributed by atoms with Crippen LogP contribution in [0.15, 0.2) is 27.6 Å². The lowest BCUT2D eigenvalue weighted by Gasteiger charge is -2.28. The van der Waals surface area contributed by atoms with Crippen LogP contribution < -0.4 is 0 Å². The van der Waals surface area contributed by atoms with E-state index in [0.29, 0.717) is 19.7 Å². The van der Waals surface area contributed by atoms with Crippen LogP contribution in [0.5, 0.6) is 0 Å². The molecule has 8 heteroatoms. The molecule has 1 heterocycles. The average Bonchev–Trinajstić information content (AvgIpc) is 2.93. The van der Waals surface area contributed by atoms with Gasteiger partial charge in [0.25, 0.3) is 0 Å². The first-order valence-electron chi connectivity index (χ1n) is 7.50. The second-order valence-corrected chi connectivity index (χ2v) is 8.92. The lowest BCUT2D eigenvalue weighted by atomic mass is 10.2. The van der Waals surface area contributed by atoms with Gasteiger partial charge in [-0.2, -0.15) is 4.31 Å². The Kier molecular flexibility index (Phi) is 6.88. The van der Waals surface area contributed by atoms with E-state index < -0.39 is 10.0 Å². The first-order valence-corrected chi connectivity index (χ1v) is 10.1. The molecule has 130 valence electrons. The smallest absolute Gasteiger partial charge is 0.244 e. The Balaban J connectivity index is 2.17. The standard InChI is InChI=1S/C15H22BrClN2O3S/c1-18(8-9-22-2)11-13-4-3-7-19(13)23(20,21)15-6-5-12(16)10-14(15)17/h5-6,10,13H,3-4,7-9,11H2,1-2H3/t13-/m0/s1. The molecule has 23 heavy (non-hydrogen) atoms. The van der Waals surface area contributed by atoms with Gasteiger partial charge in [-0.3, -0.25) is 0 Å². The third-order valence-corrected chi connectivity index (χ3v) is 6.93. The Labute approximate surface area is 151 Å². The zero-order valence-electron chi connectivity index (χ0n) is 13.3. The summed E-state index contributed by atoms with van der Waals surface area (Å²) in [6.45, 7) is 2.64. The molecule has 0 spiro atoms. The molecule has 1 saturated heterocycles. The number of halogens is 2. The predicted molar refractivity (Wildman–Crippen MR) is 95.4 cm³/mol. The van der Waals surface area contributed by atoms with E-state index in [1.165, 1.54) is 0 Å². The van der Waals surface area contributed by atoms with Gasteiger partial charge < -0.3 is 9.64 Å². The van der Waals surface area contributed by atoms with Crippen LogP contribution in [0, 0.1) is 0 Å². The zero-order chi connectivity index (χ0) is 17.0. The number of hydrogen-bond donors (Lipinski definition) is 0. The molecule has 0 N–H and O–H groups in total. The fourth-order valence-electron chi connectivity index (χ4n) is 2.82. The maximum Gasteiger partial charge on any atom is 0.244 e. The van der Waals surface area contributed by atoms with Crippen molar-refractivity contribution in [1.29, 1.82) is 0 Å². The highest BCUT2D eigenvalue weighted by Gasteiger charge is 2.36. The number of benzene rings is 1. The van der Waals surface area contributed by atoms with E-state index in [1.807, 2.05) is 7.05 Å². The van der Waals surface area contributed by atoms with Gasteiger partial charge in [0.15, 0.2) is 0 Å². The molecule has 0 amide bonds. The SMILES string of the molecule is COCCN(C)C[C@@H]1CCCN1S(=O)(=O)c1ccc(Br)cc1Cl. The molecule has 1 aromatic carbocycles. The topological polar surface area (TPSA) is 49.9 Å². The Morgan fingerprint density at radius 3 is 2.87 bits per heavy atom. The molecule has 0 unspecified atom stereocenters. The lowest BCUT2D eigenvalue weighted by molar-refractivity contribution is 0.151. The number of methoxy groups -OCH3 is 1. The van der Waals surface area contributed by atoms with E-state index in [9.17, 15) is 8.42 Å². The van der Waals surface area contributed by atoms with Crippen molar-refractivity contribution in [3.05, 3.63) is 27.7 Å². The molecule has 1 aromatic rings. The molecule has 0 aromatic heterocycles. The summed E-state index contributed by atoms with van der Waals surface area (Å²) < 4.78 is 33.3. The van der Waals surface area contributed by atoms with Gasteiger partial charge in [0.1, 0.15) is 4.90 Å². The first-order chi connectivity index (χ1) is 10.9. The fourth-order valence-corrected chi connectivity index (χ4v) is 5.51. The zero-order valence-corrected chi connectivity index (χ0v) is 16.5. The minimum Gasteiger partial charge on any atom is -0.383 e. The second-order valence-electron chi connectivity index (χ2n) is 5.74. The van der Waals surface area contributed by atoms with Gasteiger partial charge in [-0.15, -0.1) is 0 Å². The van der Waals surface area contributed by atoms with Gasteiger partial charge in [-0.1, -0.05) is 27.5 Å². The molecule has 5 nitrogen and oxygen atoms in total. The Hall–Kier alpha value is -0.180. The molecule has 1 aliphatic rings. The van der Waals surface area contributed by atoms with Gasteiger partial charge in [0.2, 0.25) is 10.0 Å². The summed E-state index contributed by atoms with van der Waals surface area (Å²) in [4.78, 5) is 2.28. The monoisotopic (exact) mass is 424 g/mol. The minimum atomic E-state index is -3.58. The van der Waals surface area contributed by atoms with Gasteiger partial charge in [0, 0.05) is 37.3 Å². The quantitative estimate of drug-likeness (QED) is 0.674. The average molecular weight is 426 g/mol. The van der Waals surface area contributed by atoms with Crippen LogP contribution >= 0.6 is 27.5 Å². The lowest BCUT2D eigenvalue weighted by Crippen LogP contribution is -2.42. The molecule has 0 radical (unpaired) electrons. The number of likely N-dealkylation sites (N-methyl/N-ethyl adjacent to an activating group) is 1. The molecule has 1 atom stereocenters. The van der Waals surface area contributed by atoms with Crippen molar-refractivity contribution in [2.45, 2.75) is 23.8 Å². The van der Waals surface area contributed by atoms with Crippen LogP contribution in [0.1, 0.15) is 12.8 Å². The molecular formula is C15H22BrClN2O3S. The van der Waals surface area contributed by atoms with Crippen molar-refractivity contribution >= 4 is 37.6 Å². The molecule has 1 aliphatic heterocycles. The van der Waals surface area contributed by atoms with Crippen LogP contribution in [-0.4, -0.2) is 64.1 Å². The van der Waals surface area contributed by atoms with Crippen molar-refractivity contribution < 1.29 is 13.2 Å². The third kappa shape index (κ3) is 4.67. The van der Waals surface area contributed by atoms with Gasteiger partial charge in [-0.25, -0.2) is 8.42 Å². The van der Waals surface area contributed by atoms with Gasteiger partial charge >= 0.3 is 0 Å². The molecule has 0 bridgehead atoms. The van der Waals surface area contributed by atoms with Gasteiger partial charge in [0.05, 0.1) is 11.6 Å². The van der Waals surface area contributed by atoms with E-state index in [0.717, 1.165) is 23.9 Å². The number of nitrogens with zero attached hydrogens (tertiary/aromatic N) is 2. The van der Waals surface area contributed by atoms with E-state index >= 15 is 0 Å². The van der Waals surface area contributed by atoms with Crippen molar-refractivity contribution in [1.82, 2.24) is 9.21 Å². The molecule has 1 fully saturated rings. The fraction of sp³-hybridized carbons (Fsp3) is 0.600. The van der Waals surface area contributed by atoms with Crippen LogP contribution in [0.2, 0.25) is 5.02 Å². The Morgan fingerprint density at radius 2 is 2.22 bits per heavy atom. The predicted octanol–water partition coefficient (Wildman–Crippen LogP) is 2.83. The highest BCUT2D eigenvalue weighted by molar-refractivity contribution is 9.10. The van der Waals surface area contributed by atoms with E-state index in [1.54, 1.807) is 29.6 Å². The highest BCUT2D eigenvalue weighted by Crippen LogP contribution is 2.32. The Bertz CT molecular complexity index is 642. The number of sulfonamides is 1. The third-order valence-electron chi connectivity index (χ3n) is 4.00. The summed E-state index contributed by atoms with van der Waals surface area (Å²) >= 11 is 9.46. The summed E-state index contributed by atoms with van der Waals surface area (Å²) in [5.41, 5.74) is 0. The normalized spacial score (nSPS) is 19.6. The maximum atomic E-state index is 13.0. The summed E-state index contributed by atoms with van der Waals surface area (Å²) in [6, 6.07) is 4.85. The Morgan fingerprint density at radius 1 is 1.48 bits per heavy atom. The first kappa shape index (κ1) is 19.1. The van der Waals surface area contributed by atoms with Crippen LogP contribution in [0.25, 0.3) is 0 Å². The van der Waals surface area contributed by atoms with Crippen molar-refractivity contribution in [3.63, 3.8) is 0 Å². The summed E-state index contributed by atoms with van der Waals surface area (Å²) in [5.74, 6) is 0. The van der Waals surface area contributed by atoms with Crippen molar-refractivity contribution in [3.8, 4) is 0 Å². The van der Waals surface area contributed by atoms with Crippen molar-refractivity contribution in [2.75, 3.05) is 40.4 Å². The minimum absolute atomic E-state index is 0.0263. The van der Waals surface area contributed by atoms with Crippen LogP contribution in [0.3, 0.4) is 0 Å². The molecule has 0 aliphatic carbocycles. The highest BCUT2D eigenvalue weighted by atomic mass is 79.9. The molecule has 0 saturated carbocycles. The number of rotatable bonds is 7. The molecule has 2 rings (SSSR count). The second kappa shape index (κ2) is 8.27. The van der Waals surface area contributed by atoms with Crippen LogP contribution in [-0.2, 0) is 14.8 Å². The summed E-state index contributed by atoms with van der Waals surface area (Å²) in [5, 5.41) is 0.248. The van der Waals surface area contributed by atoms with Crippen LogP contribution in [0.4, 0.5) is 0 Å². The van der Waals surface area contributed by atoms with Crippen molar-refractivity contribution in [2.24, 2.45) is 0 Å². The molecular weight excluding hydrogens is 404 g/mol. The largest absolute Gasteiger partial charge is 0.383 e. The van der Waals surface area contributed by atoms with Gasteiger partial charge in [-0.05, 0) is 38.1 Å². The summed E-state index contributed by atoms with van der Waals surface area (Å²) in [6.07, 6.45) is 1.74. The van der Waals surface area contributed by atoms with E-state index in [2.05, 4.69) is 20.8 Å². The number of ether oxygens (including phenoxy) is 1. The van der Waals surface area contributed by atoms with E-state index in [-0.39, 0.29) is 16.0 Å².